The lowest BCUT2D eigenvalue weighted by Gasteiger charge is -2.28. The minimum absolute atomic E-state index is 0.0854. The molecule has 0 saturated heterocycles. The molecule has 6 nitrogen and oxygen atoms in total. The van der Waals surface area contributed by atoms with E-state index in [1.807, 2.05) is 24.3 Å². The first-order valence-electron chi connectivity index (χ1n) is 8.94. The molecule has 2 aromatic rings. The van der Waals surface area contributed by atoms with Gasteiger partial charge in [-0.05, 0) is 43.2 Å². The molecule has 1 fully saturated rings. The average molecular weight is 416 g/mol. The van der Waals surface area contributed by atoms with Crippen LogP contribution >= 0.6 is 23.4 Å². The zero-order valence-corrected chi connectivity index (χ0v) is 16.5. The summed E-state index contributed by atoms with van der Waals surface area (Å²) in [5.41, 5.74) is 1.60. The van der Waals surface area contributed by atoms with Gasteiger partial charge in [-0.3, -0.25) is 14.4 Å². The topological polar surface area (TPSA) is 78.5 Å². The normalized spacial score (nSPS) is 15.8. The van der Waals surface area contributed by atoms with E-state index < -0.39 is 0 Å². The smallest absolute Gasteiger partial charge is 0.253 e. The first-order valence-corrected chi connectivity index (χ1v) is 10.3. The van der Waals surface area contributed by atoms with E-state index in [9.17, 15) is 14.4 Å². The van der Waals surface area contributed by atoms with Gasteiger partial charge >= 0.3 is 0 Å². The lowest BCUT2D eigenvalue weighted by atomic mass is 10.2. The van der Waals surface area contributed by atoms with Crippen molar-refractivity contribution in [3.8, 4) is 0 Å². The molecule has 2 N–H and O–H groups in total. The largest absolute Gasteiger partial charge is 0.349 e. The molecular formula is C20H18ClN3O3S. The van der Waals surface area contributed by atoms with Gasteiger partial charge in [-0.1, -0.05) is 23.7 Å². The van der Waals surface area contributed by atoms with Crippen LogP contribution in [0, 0.1) is 0 Å². The number of carbonyl (C=O) groups excluding carboxylic acids is 3. The molecule has 0 radical (unpaired) electrons. The molecule has 3 amide bonds. The van der Waals surface area contributed by atoms with E-state index in [1.54, 1.807) is 18.2 Å². The quantitative estimate of drug-likeness (QED) is 0.785. The van der Waals surface area contributed by atoms with Gasteiger partial charge in [0.2, 0.25) is 11.8 Å². The van der Waals surface area contributed by atoms with Crippen molar-refractivity contribution in [3.05, 3.63) is 53.1 Å². The number of amides is 3. The van der Waals surface area contributed by atoms with Gasteiger partial charge in [0.1, 0.15) is 6.54 Å². The van der Waals surface area contributed by atoms with E-state index in [0.717, 1.165) is 23.4 Å². The molecule has 0 aromatic heterocycles. The third-order valence-electron chi connectivity index (χ3n) is 4.52. The average Bonchev–Trinajstić information content (AvgIpc) is 3.48. The van der Waals surface area contributed by atoms with Crippen LogP contribution < -0.4 is 15.5 Å². The fourth-order valence-electron chi connectivity index (χ4n) is 2.94. The summed E-state index contributed by atoms with van der Waals surface area (Å²) in [7, 11) is 0. The Balaban J connectivity index is 1.43. The van der Waals surface area contributed by atoms with Crippen molar-refractivity contribution in [1.29, 1.82) is 0 Å². The Kier molecular flexibility index (Phi) is 5.28. The van der Waals surface area contributed by atoms with Gasteiger partial charge in [0.15, 0.2) is 0 Å². The van der Waals surface area contributed by atoms with E-state index in [0.29, 0.717) is 17.0 Å². The molecule has 2 aliphatic rings. The molecule has 0 bridgehead atoms. The van der Waals surface area contributed by atoms with E-state index >= 15 is 0 Å². The molecule has 0 spiro atoms. The molecule has 8 heteroatoms. The monoisotopic (exact) mass is 415 g/mol. The Morgan fingerprint density at radius 1 is 1.18 bits per heavy atom. The maximum atomic E-state index is 12.5. The predicted octanol–water partition coefficient (Wildman–Crippen LogP) is 3.31. The summed E-state index contributed by atoms with van der Waals surface area (Å²) >= 11 is 7.68. The van der Waals surface area contributed by atoms with Crippen LogP contribution in [0.1, 0.15) is 23.2 Å². The lowest BCUT2D eigenvalue weighted by Crippen LogP contribution is -2.41. The molecule has 1 saturated carbocycles. The summed E-state index contributed by atoms with van der Waals surface area (Å²) in [6.45, 7) is -0.0854. The summed E-state index contributed by atoms with van der Waals surface area (Å²) in [5.74, 6) is -0.343. The van der Waals surface area contributed by atoms with Crippen LogP contribution in [-0.4, -0.2) is 36.1 Å². The first-order chi connectivity index (χ1) is 13.5. The van der Waals surface area contributed by atoms with Gasteiger partial charge in [-0.15, -0.1) is 11.8 Å². The Morgan fingerprint density at radius 2 is 1.96 bits per heavy atom. The van der Waals surface area contributed by atoms with Gasteiger partial charge in [-0.2, -0.15) is 0 Å². The standard InChI is InChI=1S/C20H18ClN3O3S/c21-15-9-13(7-8-14(15)20(27)23-12-5-6-12)22-18(25)10-24-16-3-1-2-4-17(16)28-11-19(24)26/h1-4,7-9,12H,5-6,10-11H2,(H,22,25)(H,23,27). The Morgan fingerprint density at radius 3 is 2.71 bits per heavy atom. The van der Waals surface area contributed by atoms with Crippen molar-refractivity contribution in [3.63, 3.8) is 0 Å². The molecule has 0 atom stereocenters. The van der Waals surface area contributed by atoms with Crippen LogP contribution in [0.25, 0.3) is 0 Å². The third-order valence-corrected chi connectivity index (χ3v) is 5.88. The predicted molar refractivity (Wildman–Crippen MR) is 110 cm³/mol. The third kappa shape index (κ3) is 4.15. The number of thioether (sulfide) groups is 1. The van der Waals surface area contributed by atoms with Crippen LogP contribution in [0.4, 0.5) is 11.4 Å². The summed E-state index contributed by atoms with van der Waals surface area (Å²) in [6, 6.07) is 12.5. The fraction of sp³-hybridized carbons (Fsp3) is 0.250. The Hall–Kier alpha value is -2.51. The second-order valence-electron chi connectivity index (χ2n) is 6.73. The van der Waals surface area contributed by atoms with E-state index in [4.69, 9.17) is 11.6 Å². The number of hydrogen-bond donors (Lipinski definition) is 2. The second-order valence-corrected chi connectivity index (χ2v) is 8.15. The fourth-order valence-corrected chi connectivity index (χ4v) is 4.14. The van der Waals surface area contributed by atoms with Gasteiger partial charge in [0.25, 0.3) is 5.91 Å². The highest BCUT2D eigenvalue weighted by atomic mass is 35.5. The molecule has 4 rings (SSSR count). The number of para-hydroxylation sites is 1. The van der Waals surface area contributed by atoms with Gasteiger partial charge < -0.3 is 15.5 Å². The minimum Gasteiger partial charge on any atom is -0.349 e. The Bertz CT molecular complexity index is 961. The van der Waals surface area contributed by atoms with Crippen LogP contribution in [0.2, 0.25) is 5.02 Å². The zero-order chi connectivity index (χ0) is 19.7. The van der Waals surface area contributed by atoms with Crippen molar-refractivity contribution in [2.24, 2.45) is 0 Å². The first kappa shape index (κ1) is 18.8. The van der Waals surface area contributed by atoms with Crippen LogP contribution in [0.3, 0.4) is 0 Å². The van der Waals surface area contributed by atoms with Crippen LogP contribution in [-0.2, 0) is 9.59 Å². The molecule has 1 aliphatic heterocycles. The van der Waals surface area contributed by atoms with Crippen molar-refractivity contribution < 1.29 is 14.4 Å². The maximum Gasteiger partial charge on any atom is 0.253 e. The van der Waals surface area contributed by atoms with Crippen molar-refractivity contribution in [2.45, 2.75) is 23.8 Å². The molecular weight excluding hydrogens is 398 g/mol. The van der Waals surface area contributed by atoms with Crippen LogP contribution in [0.5, 0.6) is 0 Å². The number of fused-ring (bicyclic) bond motifs is 1. The number of carbonyl (C=O) groups is 3. The molecule has 28 heavy (non-hydrogen) atoms. The van der Waals surface area contributed by atoms with Gasteiger partial charge in [0, 0.05) is 16.6 Å². The molecule has 1 aliphatic carbocycles. The van der Waals surface area contributed by atoms with Crippen LogP contribution in [0.15, 0.2) is 47.4 Å². The number of rotatable bonds is 5. The molecule has 144 valence electrons. The van der Waals surface area contributed by atoms with Crippen molar-refractivity contribution in [1.82, 2.24) is 5.32 Å². The SMILES string of the molecule is O=C(CN1C(=O)CSc2ccccc21)Nc1ccc(C(=O)NC2CC2)c(Cl)c1. The highest BCUT2D eigenvalue weighted by Crippen LogP contribution is 2.34. The summed E-state index contributed by atoms with van der Waals surface area (Å²) < 4.78 is 0. The highest BCUT2D eigenvalue weighted by molar-refractivity contribution is 8.00. The number of hydrogen-bond acceptors (Lipinski definition) is 4. The van der Waals surface area contributed by atoms with Crippen molar-refractivity contribution in [2.75, 3.05) is 22.5 Å². The van der Waals surface area contributed by atoms with E-state index in [-0.39, 0.29) is 35.3 Å². The second kappa shape index (κ2) is 7.85. The molecule has 0 unspecified atom stereocenters. The van der Waals surface area contributed by atoms with Crippen molar-refractivity contribution >= 4 is 52.5 Å². The number of nitrogens with one attached hydrogen (secondary N) is 2. The molecule has 1 heterocycles. The van der Waals surface area contributed by atoms with Gasteiger partial charge in [-0.25, -0.2) is 0 Å². The van der Waals surface area contributed by atoms with E-state index in [1.165, 1.54) is 16.7 Å². The highest BCUT2D eigenvalue weighted by Gasteiger charge is 2.27. The number of benzene rings is 2. The summed E-state index contributed by atoms with van der Waals surface area (Å²) in [5, 5.41) is 5.90. The van der Waals surface area contributed by atoms with E-state index in [2.05, 4.69) is 10.6 Å². The number of anilines is 2. The number of nitrogens with zero attached hydrogens (tertiary/aromatic N) is 1. The summed E-state index contributed by atoms with van der Waals surface area (Å²) in [6.07, 6.45) is 1.99. The Labute approximate surface area is 171 Å². The lowest BCUT2D eigenvalue weighted by molar-refractivity contribution is -0.120. The molecule has 2 aromatic carbocycles. The van der Waals surface area contributed by atoms with Gasteiger partial charge in [0.05, 0.1) is 22.0 Å². The zero-order valence-electron chi connectivity index (χ0n) is 14.9. The minimum atomic E-state index is -0.332. The summed E-state index contributed by atoms with van der Waals surface area (Å²) in [4.78, 5) is 39.4. The number of halogens is 1. The maximum absolute atomic E-state index is 12.5.